The van der Waals surface area contributed by atoms with E-state index < -0.39 is 28.9 Å². The molecule has 2 nitrogen and oxygen atoms in total. The molecule has 2 rings (SSSR count). The van der Waals surface area contributed by atoms with Gasteiger partial charge in [0.2, 0.25) is 0 Å². The zero-order valence-electron chi connectivity index (χ0n) is 15.9. The molecule has 2 unspecified atom stereocenters. The van der Waals surface area contributed by atoms with Gasteiger partial charge in [-0.2, -0.15) is 0 Å². The van der Waals surface area contributed by atoms with Crippen LogP contribution in [0.5, 0.6) is 5.75 Å². The molecule has 1 N–H and O–H groups in total. The van der Waals surface area contributed by atoms with E-state index in [9.17, 15) is 5.11 Å². The Bertz CT molecular complexity index is 544. The quantitative estimate of drug-likeness (QED) is 0.348. The standard InChI is InChI=1S/C19H31NOSi.2ClH.Zr/c1-5-22(6-2,7-3)18-13-9-12-17(18)20-14-16-11-8-10-15(4)19(16)21;;;/h8,10-11,14,17-18,21H,5-7,9,12-13H2,1-4H3;2*1H;/q;;;+2/p-2. The Labute approximate surface area is 173 Å². The van der Waals surface area contributed by atoms with E-state index in [-0.39, 0.29) is 0 Å². The second kappa shape index (κ2) is 12.0. The molecule has 0 spiro atoms. The molecule has 1 fully saturated rings. The number of hydrogen-bond donors (Lipinski definition) is 1. The fourth-order valence-corrected chi connectivity index (χ4v) is 9.29. The number of phenols is 1. The molecule has 25 heavy (non-hydrogen) atoms. The molecule has 1 aromatic rings. The summed E-state index contributed by atoms with van der Waals surface area (Å²) in [5, 5.41) is 10.2. The fraction of sp³-hybridized carbons (Fsp3) is 0.632. The number of aryl methyl sites for hydroxylation is 1. The summed E-state index contributed by atoms with van der Waals surface area (Å²) < 4.78 is 0. The van der Waals surface area contributed by atoms with Crippen LogP contribution >= 0.6 is 17.0 Å². The molecule has 1 aromatic carbocycles. The molecule has 0 heterocycles. The van der Waals surface area contributed by atoms with Gasteiger partial charge in [-0.25, -0.2) is 0 Å². The van der Waals surface area contributed by atoms with E-state index in [0.29, 0.717) is 11.8 Å². The van der Waals surface area contributed by atoms with E-state index >= 15 is 0 Å². The molecule has 0 bridgehead atoms. The Morgan fingerprint density at radius 1 is 1.20 bits per heavy atom. The molecule has 6 heteroatoms. The number of para-hydroxylation sites is 1. The van der Waals surface area contributed by atoms with Gasteiger partial charge < -0.3 is 5.11 Å². The SMILES string of the molecule is CC[Si](CC)(CC)C1CCCC1N=Cc1cccc(C)c1O.[Cl][Zr][Cl]. The zero-order chi connectivity index (χ0) is 18.9. The van der Waals surface area contributed by atoms with Crippen LogP contribution in [-0.2, 0) is 20.8 Å². The Balaban J connectivity index is 0.000000970. The minimum absolute atomic E-state index is 0.380. The van der Waals surface area contributed by atoms with Gasteiger partial charge in [-0.15, -0.1) is 0 Å². The Hall–Kier alpha value is 0.370. The first kappa shape index (κ1) is 23.4. The molecule has 140 valence electrons. The van der Waals surface area contributed by atoms with E-state index in [1.807, 2.05) is 31.3 Å². The minimum atomic E-state index is -1.19. The van der Waals surface area contributed by atoms with Crippen molar-refractivity contribution in [1.82, 2.24) is 0 Å². The molecule has 2 atom stereocenters. The van der Waals surface area contributed by atoms with Gasteiger partial charge in [-0.3, -0.25) is 4.99 Å². The summed E-state index contributed by atoms with van der Waals surface area (Å²) in [6, 6.07) is 10.5. The van der Waals surface area contributed by atoms with Gasteiger partial charge in [0.25, 0.3) is 0 Å². The molecule has 1 aliphatic carbocycles. The molecule has 0 saturated heterocycles. The number of aliphatic imine (C=N–C) groups is 1. The average molecular weight is 480 g/mol. The topological polar surface area (TPSA) is 32.6 Å². The fourth-order valence-electron chi connectivity index (χ4n) is 4.33. The van der Waals surface area contributed by atoms with Gasteiger partial charge in [0.05, 0.1) is 14.1 Å². The van der Waals surface area contributed by atoms with Crippen LogP contribution in [0.1, 0.15) is 51.2 Å². The summed E-state index contributed by atoms with van der Waals surface area (Å²) in [5.74, 6) is 0.380. The first-order valence-electron chi connectivity index (χ1n) is 9.27. The monoisotopic (exact) mass is 477 g/mol. The molecule has 1 aliphatic rings. The molecular weight excluding hydrogens is 448 g/mol. The van der Waals surface area contributed by atoms with Gasteiger partial charge >= 0.3 is 37.9 Å². The number of benzene rings is 1. The third-order valence-electron chi connectivity index (χ3n) is 6.05. The van der Waals surface area contributed by atoms with Gasteiger partial charge in [-0.05, 0) is 30.5 Å². The molecule has 1 saturated carbocycles. The van der Waals surface area contributed by atoms with Crippen molar-refractivity contribution >= 4 is 31.3 Å². The summed E-state index contributed by atoms with van der Waals surface area (Å²) in [7, 11) is 8.68. The summed E-state index contributed by atoms with van der Waals surface area (Å²) >= 11 is -0.826. The number of rotatable bonds is 6. The Morgan fingerprint density at radius 2 is 1.80 bits per heavy atom. The van der Waals surface area contributed by atoms with Crippen molar-refractivity contribution in [3.63, 3.8) is 0 Å². The van der Waals surface area contributed by atoms with Gasteiger partial charge in [0.15, 0.2) is 0 Å². The molecule has 0 aliphatic heterocycles. The molecule has 0 amide bonds. The summed E-state index contributed by atoms with van der Waals surface area (Å²) in [6.07, 6.45) is 5.83. The van der Waals surface area contributed by atoms with E-state index in [4.69, 9.17) is 22.0 Å². The van der Waals surface area contributed by atoms with Crippen LogP contribution in [0.25, 0.3) is 0 Å². The van der Waals surface area contributed by atoms with Crippen LogP contribution in [0.15, 0.2) is 23.2 Å². The van der Waals surface area contributed by atoms with E-state index in [1.165, 1.54) is 37.4 Å². The Morgan fingerprint density at radius 3 is 2.36 bits per heavy atom. The van der Waals surface area contributed by atoms with Crippen LogP contribution in [0.4, 0.5) is 0 Å². The molecule has 0 radical (unpaired) electrons. The van der Waals surface area contributed by atoms with Gasteiger partial charge in [-0.1, -0.05) is 63.9 Å². The Kier molecular flexibility index (Phi) is 11.2. The number of phenolic OH excluding ortho intramolecular Hbond substituents is 1. The van der Waals surface area contributed by atoms with Gasteiger partial charge in [0.1, 0.15) is 5.75 Å². The van der Waals surface area contributed by atoms with Crippen molar-refractivity contribution in [2.45, 2.75) is 76.7 Å². The van der Waals surface area contributed by atoms with E-state index in [2.05, 4.69) is 20.8 Å². The van der Waals surface area contributed by atoms with E-state index in [0.717, 1.165) is 16.7 Å². The number of hydrogen-bond acceptors (Lipinski definition) is 2. The third-order valence-corrected chi connectivity index (χ3v) is 12.5. The number of nitrogens with zero attached hydrogens (tertiary/aromatic N) is 1. The van der Waals surface area contributed by atoms with Crippen molar-refractivity contribution in [3.8, 4) is 5.75 Å². The first-order valence-corrected chi connectivity index (χ1v) is 18.3. The predicted octanol–water partition coefficient (Wildman–Crippen LogP) is 6.93. The van der Waals surface area contributed by atoms with Crippen molar-refractivity contribution in [2.24, 2.45) is 4.99 Å². The van der Waals surface area contributed by atoms with Crippen LogP contribution in [0.2, 0.25) is 23.7 Å². The van der Waals surface area contributed by atoms with Crippen molar-refractivity contribution in [1.29, 1.82) is 0 Å². The molecular formula is C19H31Cl2NOSiZr. The van der Waals surface area contributed by atoms with Crippen LogP contribution in [0, 0.1) is 6.92 Å². The maximum atomic E-state index is 10.2. The third kappa shape index (κ3) is 6.19. The van der Waals surface area contributed by atoms with E-state index in [1.54, 1.807) is 0 Å². The van der Waals surface area contributed by atoms with Crippen LogP contribution < -0.4 is 0 Å². The van der Waals surface area contributed by atoms with Crippen LogP contribution in [0.3, 0.4) is 0 Å². The second-order valence-electron chi connectivity index (χ2n) is 6.89. The van der Waals surface area contributed by atoms with Crippen LogP contribution in [-0.4, -0.2) is 25.4 Å². The normalized spacial score (nSPS) is 20.4. The molecule has 0 aromatic heterocycles. The van der Waals surface area contributed by atoms with Crippen molar-refractivity contribution in [3.05, 3.63) is 29.3 Å². The predicted molar refractivity (Wildman–Crippen MR) is 111 cm³/mol. The summed E-state index contributed by atoms with van der Waals surface area (Å²) in [6.45, 7) is 9.12. The number of aromatic hydroxyl groups is 1. The maximum absolute atomic E-state index is 10.2. The van der Waals surface area contributed by atoms with Crippen molar-refractivity contribution in [2.75, 3.05) is 0 Å². The van der Waals surface area contributed by atoms with Crippen molar-refractivity contribution < 1.29 is 26.0 Å². The number of halogens is 2. The first-order chi connectivity index (χ1) is 12.0. The average Bonchev–Trinajstić information content (AvgIpc) is 3.08. The second-order valence-corrected chi connectivity index (χ2v) is 16.2. The summed E-state index contributed by atoms with van der Waals surface area (Å²) in [5.41, 5.74) is 2.62. The van der Waals surface area contributed by atoms with Gasteiger partial charge in [0, 0.05) is 11.8 Å². The zero-order valence-corrected chi connectivity index (χ0v) is 20.8. The summed E-state index contributed by atoms with van der Waals surface area (Å²) in [4.78, 5) is 4.94.